The molecule has 1 unspecified atom stereocenters. The minimum absolute atomic E-state index is 0.0472. The molecule has 21 heavy (non-hydrogen) atoms. The second-order valence-electron chi connectivity index (χ2n) is 4.62. The minimum atomic E-state index is -0.122. The van der Waals surface area contributed by atoms with Gasteiger partial charge in [-0.3, -0.25) is 4.79 Å². The molecule has 0 saturated carbocycles. The fraction of sp³-hybridized carbons (Fsp3) is 0.133. The fourth-order valence-electron chi connectivity index (χ4n) is 2.15. The van der Waals surface area contributed by atoms with Gasteiger partial charge in [0.15, 0.2) is 6.61 Å². The highest BCUT2D eigenvalue weighted by atomic mass is 127. The number of carbonyl (C=O) groups is 1. The summed E-state index contributed by atoms with van der Waals surface area (Å²) in [5.74, 6) is 0.588. The van der Waals surface area contributed by atoms with Crippen molar-refractivity contribution in [3.05, 3.63) is 55.6 Å². The first kappa shape index (κ1) is 15.3. The molecule has 3 rings (SSSR count). The van der Waals surface area contributed by atoms with E-state index in [0.717, 1.165) is 15.7 Å². The van der Waals surface area contributed by atoms with Crippen molar-refractivity contribution in [2.24, 2.45) is 0 Å². The minimum Gasteiger partial charge on any atom is -0.482 e. The van der Waals surface area contributed by atoms with E-state index in [0.29, 0.717) is 5.75 Å². The third kappa shape index (κ3) is 3.27. The number of hydrogen-bond donors (Lipinski definition) is 1. The van der Waals surface area contributed by atoms with Gasteiger partial charge < -0.3 is 10.1 Å². The molecular formula is C15H10Br2INO2. The van der Waals surface area contributed by atoms with Crippen LogP contribution < -0.4 is 10.1 Å². The Bertz CT molecular complexity index is 721. The molecule has 1 aliphatic rings. The van der Waals surface area contributed by atoms with Gasteiger partial charge in [0.1, 0.15) is 5.75 Å². The molecule has 1 N–H and O–H groups in total. The summed E-state index contributed by atoms with van der Waals surface area (Å²) >= 11 is 9.57. The first-order valence-electron chi connectivity index (χ1n) is 6.20. The van der Waals surface area contributed by atoms with Crippen LogP contribution in [-0.4, -0.2) is 12.5 Å². The molecule has 2 aromatic rings. The molecule has 1 heterocycles. The van der Waals surface area contributed by atoms with Crippen LogP contribution in [0, 0.1) is 3.57 Å². The number of amides is 1. The summed E-state index contributed by atoms with van der Waals surface area (Å²) < 4.78 is 7.60. The van der Waals surface area contributed by atoms with Crippen LogP contribution in [0.25, 0.3) is 0 Å². The topological polar surface area (TPSA) is 38.3 Å². The summed E-state index contributed by atoms with van der Waals surface area (Å²) in [5, 5.41) is 2.84. The number of alkyl halides is 1. The molecule has 0 fully saturated rings. The van der Waals surface area contributed by atoms with Crippen LogP contribution in [0.15, 0.2) is 40.9 Å². The maximum absolute atomic E-state index is 11.4. The lowest BCUT2D eigenvalue weighted by Crippen LogP contribution is -2.25. The van der Waals surface area contributed by atoms with Crippen molar-refractivity contribution >= 4 is 66.0 Å². The van der Waals surface area contributed by atoms with Crippen LogP contribution in [0.3, 0.4) is 0 Å². The third-order valence-corrected chi connectivity index (χ3v) is 5.66. The van der Waals surface area contributed by atoms with E-state index >= 15 is 0 Å². The van der Waals surface area contributed by atoms with Crippen LogP contribution in [0.4, 0.5) is 5.69 Å². The first-order chi connectivity index (χ1) is 10.0. The summed E-state index contributed by atoms with van der Waals surface area (Å²) in [6.07, 6.45) is 0. The van der Waals surface area contributed by atoms with Crippen LogP contribution in [0.5, 0.6) is 5.75 Å². The van der Waals surface area contributed by atoms with E-state index in [1.807, 2.05) is 24.3 Å². The maximum Gasteiger partial charge on any atom is 0.262 e. The molecule has 1 atom stereocenters. The van der Waals surface area contributed by atoms with E-state index in [9.17, 15) is 4.79 Å². The smallest absolute Gasteiger partial charge is 0.262 e. The summed E-state index contributed by atoms with van der Waals surface area (Å²) in [5.41, 5.74) is 2.96. The largest absolute Gasteiger partial charge is 0.482 e. The van der Waals surface area contributed by atoms with Gasteiger partial charge in [-0.15, -0.1) is 0 Å². The van der Waals surface area contributed by atoms with Crippen LogP contribution in [0.1, 0.15) is 16.0 Å². The Kier molecular flexibility index (Phi) is 4.56. The number of hydrogen-bond acceptors (Lipinski definition) is 2. The van der Waals surface area contributed by atoms with Crippen molar-refractivity contribution in [1.82, 2.24) is 0 Å². The number of fused-ring (bicyclic) bond motifs is 1. The highest BCUT2D eigenvalue weighted by Gasteiger charge is 2.19. The predicted molar refractivity (Wildman–Crippen MR) is 98.2 cm³/mol. The van der Waals surface area contributed by atoms with Gasteiger partial charge in [-0.25, -0.2) is 0 Å². The van der Waals surface area contributed by atoms with Crippen molar-refractivity contribution in [1.29, 1.82) is 0 Å². The van der Waals surface area contributed by atoms with Crippen molar-refractivity contribution in [3.8, 4) is 5.75 Å². The standard InChI is InChI=1S/C15H10Br2INO2/c16-9-2-3-11(18)10(6-9)15(17)8-1-4-13-12(5-8)19-14(20)7-21-13/h1-6,15H,7H2,(H,19,20). The van der Waals surface area contributed by atoms with Gasteiger partial charge in [-0.05, 0) is 64.0 Å². The Labute approximate surface area is 152 Å². The molecule has 1 aliphatic heterocycles. The Balaban J connectivity index is 1.98. The zero-order valence-electron chi connectivity index (χ0n) is 10.7. The average molecular weight is 523 g/mol. The molecule has 0 saturated heterocycles. The number of carbonyl (C=O) groups excluding carboxylic acids is 1. The molecular weight excluding hydrogens is 513 g/mol. The van der Waals surface area contributed by atoms with Gasteiger partial charge in [0.25, 0.3) is 5.91 Å². The Hall–Kier alpha value is -0.600. The van der Waals surface area contributed by atoms with Crippen LogP contribution >= 0.6 is 54.5 Å². The van der Waals surface area contributed by atoms with Crippen molar-refractivity contribution in [2.75, 3.05) is 11.9 Å². The zero-order chi connectivity index (χ0) is 15.0. The number of rotatable bonds is 2. The highest BCUT2D eigenvalue weighted by molar-refractivity contribution is 14.1. The molecule has 3 nitrogen and oxygen atoms in total. The number of benzene rings is 2. The molecule has 0 spiro atoms. The van der Waals surface area contributed by atoms with E-state index in [1.54, 1.807) is 0 Å². The predicted octanol–water partition coefficient (Wildman–Crippen LogP) is 4.87. The summed E-state index contributed by atoms with van der Waals surface area (Å²) in [6.45, 7) is 0.0770. The van der Waals surface area contributed by atoms with Gasteiger partial charge in [0.2, 0.25) is 0 Å². The van der Waals surface area contributed by atoms with E-state index in [-0.39, 0.29) is 17.3 Å². The van der Waals surface area contributed by atoms with Gasteiger partial charge in [-0.2, -0.15) is 0 Å². The number of nitrogens with one attached hydrogen (secondary N) is 1. The quantitative estimate of drug-likeness (QED) is 0.451. The van der Waals surface area contributed by atoms with Crippen molar-refractivity contribution in [3.63, 3.8) is 0 Å². The Morgan fingerprint density at radius 2 is 2.05 bits per heavy atom. The molecule has 2 aromatic carbocycles. The molecule has 0 aromatic heterocycles. The van der Waals surface area contributed by atoms with Crippen molar-refractivity contribution in [2.45, 2.75) is 4.83 Å². The molecule has 1 amide bonds. The third-order valence-electron chi connectivity index (χ3n) is 3.16. The normalized spacial score (nSPS) is 14.9. The number of halogens is 3. The SMILES string of the molecule is O=C1COc2ccc(C(Br)c3cc(Br)ccc3I)cc2N1. The van der Waals surface area contributed by atoms with Gasteiger partial charge >= 0.3 is 0 Å². The second-order valence-corrected chi connectivity index (χ2v) is 7.61. The van der Waals surface area contributed by atoms with E-state index in [2.05, 4.69) is 71.9 Å². The van der Waals surface area contributed by atoms with E-state index < -0.39 is 0 Å². The lowest BCUT2D eigenvalue weighted by molar-refractivity contribution is -0.118. The van der Waals surface area contributed by atoms with Crippen molar-refractivity contribution < 1.29 is 9.53 Å². The molecule has 0 bridgehead atoms. The fourth-order valence-corrected chi connectivity index (χ4v) is 4.26. The maximum atomic E-state index is 11.4. The number of anilines is 1. The second kappa shape index (κ2) is 6.26. The van der Waals surface area contributed by atoms with Crippen LogP contribution in [0.2, 0.25) is 0 Å². The lowest BCUT2D eigenvalue weighted by atomic mass is 10.0. The number of ether oxygens (including phenoxy) is 1. The van der Waals surface area contributed by atoms with E-state index in [4.69, 9.17) is 4.74 Å². The summed E-state index contributed by atoms with van der Waals surface area (Å²) in [6, 6.07) is 12.0. The molecule has 6 heteroatoms. The highest BCUT2D eigenvalue weighted by Crippen LogP contribution is 2.38. The monoisotopic (exact) mass is 521 g/mol. The van der Waals surface area contributed by atoms with Crippen LogP contribution in [-0.2, 0) is 4.79 Å². The molecule has 0 aliphatic carbocycles. The Morgan fingerprint density at radius 3 is 2.86 bits per heavy atom. The first-order valence-corrected chi connectivity index (χ1v) is 8.99. The molecule has 108 valence electrons. The Morgan fingerprint density at radius 1 is 1.24 bits per heavy atom. The van der Waals surface area contributed by atoms with Gasteiger partial charge in [0.05, 0.1) is 10.5 Å². The lowest BCUT2D eigenvalue weighted by Gasteiger charge is -2.20. The average Bonchev–Trinajstić information content (AvgIpc) is 2.48. The van der Waals surface area contributed by atoms with Gasteiger partial charge in [-0.1, -0.05) is 37.9 Å². The zero-order valence-corrected chi connectivity index (χ0v) is 16.0. The van der Waals surface area contributed by atoms with E-state index in [1.165, 1.54) is 9.13 Å². The summed E-state index contributed by atoms with van der Waals surface area (Å²) in [7, 11) is 0. The van der Waals surface area contributed by atoms with Gasteiger partial charge in [0, 0.05) is 8.04 Å². The summed E-state index contributed by atoms with van der Waals surface area (Å²) in [4.78, 5) is 11.5. The molecule has 0 radical (unpaired) electrons.